The number of benzene rings is 2. The number of carbonyl (C=O) groups excluding carboxylic acids is 1. The second-order valence-electron chi connectivity index (χ2n) is 6.09. The largest absolute Gasteiger partial charge is 0.380 e. The summed E-state index contributed by atoms with van der Waals surface area (Å²) in [6, 6.07) is 14.1. The van der Waals surface area contributed by atoms with E-state index in [4.69, 9.17) is 23.2 Å². The molecule has 1 aliphatic heterocycles. The van der Waals surface area contributed by atoms with Gasteiger partial charge in [0.05, 0.1) is 10.0 Å². The number of halogens is 2. The smallest absolute Gasteiger partial charge is 0.220 e. The van der Waals surface area contributed by atoms with Crippen molar-refractivity contribution >= 4 is 34.8 Å². The van der Waals surface area contributed by atoms with Crippen LogP contribution in [-0.2, 0) is 17.6 Å². The lowest BCUT2D eigenvalue weighted by atomic mass is 9.98. The lowest BCUT2D eigenvalue weighted by Crippen LogP contribution is -2.38. The highest BCUT2D eigenvalue weighted by Crippen LogP contribution is 2.24. The van der Waals surface area contributed by atoms with Gasteiger partial charge in [0.15, 0.2) is 0 Å². The van der Waals surface area contributed by atoms with Crippen LogP contribution in [0, 0.1) is 0 Å². The molecule has 3 nitrogen and oxygen atoms in total. The van der Waals surface area contributed by atoms with Crippen LogP contribution in [0.5, 0.6) is 0 Å². The fraction of sp³-hybridized carbons (Fsp3) is 0.316. The first-order valence-electron chi connectivity index (χ1n) is 8.17. The molecule has 0 radical (unpaired) electrons. The van der Waals surface area contributed by atoms with Gasteiger partial charge in [-0.05, 0) is 48.6 Å². The normalized spacial score (nSPS) is 16.2. The molecule has 2 N–H and O–H groups in total. The van der Waals surface area contributed by atoms with Crippen molar-refractivity contribution in [2.24, 2.45) is 0 Å². The van der Waals surface area contributed by atoms with Crippen LogP contribution >= 0.6 is 23.2 Å². The van der Waals surface area contributed by atoms with E-state index < -0.39 is 0 Å². The standard InChI is InChI=1S/C19H20Cl2N2O/c20-16-9-5-13(11-17(16)21)6-10-19(24)22-12-15-8-7-14-3-1-2-4-18(14)23-15/h1-5,9,11,15,23H,6-8,10,12H2,(H,22,24). The summed E-state index contributed by atoms with van der Waals surface area (Å²) in [5.74, 6) is 0.0572. The molecule has 24 heavy (non-hydrogen) atoms. The molecule has 1 aliphatic rings. The third-order valence-corrected chi connectivity index (χ3v) is 5.05. The molecule has 1 amide bonds. The van der Waals surface area contributed by atoms with Gasteiger partial charge in [-0.25, -0.2) is 0 Å². The lowest BCUT2D eigenvalue weighted by molar-refractivity contribution is -0.121. The Morgan fingerprint density at radius 2 is 2.00 bits per heavy atom. The maximum absolute atomic E-state index is 12.1. The van der Waals surface area contributed by atoms with Crippen molar-refractivity contribution in [2.75, 3.05) is 11.9 Å². The van der Waals surface area contributed by atoms with E-state index in [1.54, 1.807) is 6.07 Å². The average molecular weight is 363 g/mol. The van der Waals surface area contributed by atoms with Gasteiger partial charge in [0, 0.05) is 24.7 Å². The minimum Gasteiger partial charge on any atom is -0.380 e. The van der Waals surface area contributed by atoms with Crippen LogP contribution in [0.1, 0.15) is 24.0 Å². The Bertz CT molecular complexity index is 733. The SMILES string of the molecule is O=C(CCc1ccc(Cl)c(Cl)c1)NCC1CCc2ccccc2N1. The molecule has 0 saturated heterocycles. The fourth-order valence-corrected chi connectivity index (χ4v) is 3.25. The highest BCUT2D eigenvalue weighted by atomic mass is 35.5. The first-order valence-corrected chi connectivity index (χ1v) is 8.92. The predicted molar refractivity (Wildman–Crippen MR) is 100.0 cm³/mol. The maximum Gasteiger partial charge on any atom is 0.220 e. The molecule has 0 aromatic heterocycles. The van der Waals surface area contributed by atoms with Crippen molar-refractivity contribution in [1.82, 2.24) is 5.32 Å². The van der Waals surface area contributed by atoms with Crippen LogP contribution in [0.2, 0.25) is 10.0 Å². The molecule has 1 unspecified atom stereocenters. The molecule has 2 aromatic rings. The van der Waals surface area contributed by atoms with Gasteiger partial charge in [-0.3, -0.25) is 4.79 Å². The van der Waals surface area contributed by atoms with E-state index in [-0.39, 0.29) is 11.9 Å². The van der Waals surface area contributed by atoms with Gasteiger partial charge >= 0.3 is 0 Å². The summed E-state index contributed by atoms with van der Waals surface area (Å²) >= 11 is 11.9. The van der Waals surface area contributed by atoms with E-state index in [2.05, 4.69) is 28.8 Å². The van der Waals surface area contributed by atoms with E-state index in [1.807, 2.05) is 18.2 Å². The minimum absolute atomic E-state index is 0.0572. The number of para-hydroxylation sites is 1. The molecule has 1 heterocycles. The van der Waals surface area contributed by atoms with Crippen molar-refractivity contribution < 1.29 is 4.79 Å². The summed E-state index contributed by atoms with van der Waals surface area (Å²) in [7, 11) is 0. The van der Waals surface area contributed by atoms with Crippen molar-refractivity contribution in [3.05, 3.63) is 63.6 Å². The van der Waals surface area contributed by atoms with Gasteiger partial charge in [0.25, 0.3) is 0 Å². The summed E-state index contributed by atoms with van der Waals surface area (Å²) in [6.07, 6.45) is 3.18. The Labute approximate surface area is 152 Å². The minimum atomic E-state index is 0.0572. The monoisotopic (exact) mass is 362 g/mol. The predicted octanol–water partition coefficient (Wildman–Crippen LogP) is 4.47. The van der Waals surface area contributed by atoms with Crippen LogP contribution in [0.15, 0.2) is 42.5 Å². The molecule has 1 atom stereocenters. The second kappa shape index (κ2) is 7.91. The number of fused-ring (bicyclic) bond motifs is 1. The van der Waals surface area contributed by atoms with Crippen molar-refractivity contribution in [2.45, 2.75) is 31.7 Å². The highest BCUT2D eigenvalue weighted by Gasteiger charge is 2.17. The zero-order valence-corrected chi connectivity index (χ0v) is 14.8. The molecular formula is C19H20Cl2N2O. The molecular weight excluding hydrogens is 343 g/mol. The summed E-state index contributed by atoms with van der Waals surface area (Å²) in [5, 5.41) is 7.58. The molecule has 3 rings (SSSR count). The summed E-state index contributed by atoms with van der Waals surface area (Å²) in [5.41, 5.74) is 3.54. The number of aryl methyl sites for hydroxylation is 2. The van der Waals surface area contributed by atoms with E-state index >= 15 is 0 Å². The number of amides is 1. The summed E-state index contributed by atoms with van der Waals surface area (Å²) in [6.45, 7) is 0.647. The number of hydrogen-bond acceptors (Lipinski definition) is 2. The van der Waals surface area contributed by atoms with E-state index in [0.29, 0.717) is 29.4 Å². The van der Waals surface area contributed by atoms with Gasteiger partial charge in [0.2, 0.25) is 5.91 Å². The van der Waals surface area contributed by atoms with E-state index in [1.165, 1.54) is 11.3 Å². The van der Waals surface area contributed by atoms with Gasteiger partial charge in [0.1, 0.15) is 0 Å². The van der Waals surface area contributed by atoms with Gasteiger partial charge < -0.3 is 10.6 Å². The molecule has 0 fully saturated rings. The number of carbonyl (C=O) groups is 1. The molecule has 126 valence electrons. The van der Waals surface area contributed by atoms with E-state index in [0.717, 1.165) is 18.4 Å². The van der Waals surface area contributed by atoms with Crippen LogP contribution in [0.4, 0.5) is 5.69 Å². The fourth-order valence-electron chi connectivity index (χ4n) is 2.93. The Morgan fingerprint density at radius 3 is 2.83 bits per heavy atom. The Kier molecular flexibility index (Phi) is 5.64. The Hall–Kier alpha value is -1.71. The molecule has 0 aliphatic carbocycles. The van der Waals surface area contributed by atoms with Crippen LogP contribution < -0.4 is 10.6 Å². The summed E-state index contributed by atoms with van der Waals surface area (Å²) < 4.78 is 0. The van der Waals surface area contributed by atoms with Gasteiger partial charge in [-0.2, -0.15) is 0 Å². The van der Waals surface area contributed by atoms with Crippen molar-refractivity contribution in [3.63, 3.8) is 0 Å². The number of hydrogen-bond donors (Lipinski definition) is 2. The van der Waals surface area contributed by atoms with Gasteiger partial charge in [-0.1, -0.05) is 47.5 Å². The topological polar surface area (TPSA) is 41.1 Å². The third kappa shape index (κ3) is 4.43. The zero-order valence-electron chi connectivity index (χ0n) is 13.3. The molecule has 0 saturated carbocycles. The maximum atomic E-state index is 12.1. The second-order valence-corrected chi connectivity index (χ2v) is 6.90. The van der Waals surface area contributed by atoms with Crippen LogP contribution in [-0.4, -0.2) is 18.5 Å². The molecule has 0 bridgehead atoms. The van der Waals surface area contributed by atoms with Gasteiger partial charge in [-0.15, -0.1) is 0 Å². The number of nitrogens with one attached hydrogen (secondary N) is 2. The molecule has 5 heteroatoms. The Balaban J connectivity index is 1.44. The van der Waals surface area contributed by atoms with Crippen LogP contribution in [0.25, 0.3) is 0 Å². The zero-order chi connectivity index (χ0) is 16.9. The van der Waals surface area contributed by atoms with Crippen LogP contribution in [0.3, 0.4) is 0 Å². The third-order valence-electron chi connectivity index (χ3n) is 4.31. The molecule has 2 aromatic carbocycles. The lowest BCUT2D eigenvalue weighted by Gasteiger charge is -2.27. The first-order chi connectivity index (χ1) is 11.6. The first kappa shape index (κ1) is 17.1. The van der Waals surface area contributed by atoms with Crippen molar-refractivity contribution in [3.8, 4) is 0 Å². The quantitative estimate of drug-likeness (QED) is 0.823. The number of rotatable bonds is 5. The number of anilines is 1. The highest BCUT2D eigenvalue weighted by molar-refractivity contribution is 6.42. The molecule has 0 spiro atoms. The van der Waals surface area contributed by atoms with E-state index in [9.17, 15) is 4.79 Å². The van der Waals surface area contributed by atoms with Crippen molar-refractivity contribution in [1.29, 1.82) is 0 Å². The Morgan fingerprint density at radius 1 is 1.17 bits per heavy atom. The average Bonchev–Trinajstić information content (AvgIpc) is 2.60. The summed E-state index contributed by atoms with van der Waals surface area (Å²) in [4.78, 5) is 12.1.